The lowest BCUT2D eigenvalue weighted by atomic mass is 9.99. The first-order chi connectivity index (χ1) is 13.7. The number of hydrazone groups is 1. The summed E-state index contributed by atoms with van der Waals surface area (Å²) in [5, 5.41) is 8.71. The molecule has 0 unspecified atom stereocenters. The first kappa shape index (κ1) is 25.2. The Morgan fingerprint density at radius 2 is 1.97 bits per heavy atom. The van der Waals surface area contributed by atoms with Gasteiger partial charge in [0.15, 0.2) is 0 Å². The lowest BCUT2D eigenvalue weighted by Crippen LogP contribution is -2.46. The van der Waals surface area contributed by atoms with E-state index in [1.165, 1.54) is 6.21 Å². The van der Waals surface area contributed by atoms with E-state index in [4.69, 9.17) is 10.6 Å². The van der Waals surface area contributed by atoms with Gasteiger partial charge in [-0.25, -0.2) is 4.79 Å². The van der Waals surface area contributed by atoms with E-state index in [9.17, 15) is 14.4 Å². The second kappa shape index (κ2) is 11.4. The number of hydrogen-bond donors (Lipinski definition) is 3. The van der Waals surface area contributed by atoms with Crippen molar-refractivity contribution < 1.29 is 19.1 Å². The van der Waals surface area contributed by atoms with Gasteiger partial charge in [0, 0.05) is 18.8 Å². The summed E-state index contributed by atoms with van der Waals surface area (Å²) in [5.41, 5.74) is 1.47. The number of urea groups is 1. The number of amides is 3. The van der Waals surface area contributed by atoms with Crippen LogP contribution in [0.2, 0.25) is 0 Å². The van der Waals surface area contributed by atoms with Crippen molar-refractivity contribution in [2.45, 2.75) is 39.7 Å². The molecule has 3 amide bonds. The molecular formula is C20H30ClN5O4. The van der Waals surface area contributed by atoms with Gasteiger partial charge >= 0.3 is 12.0 Å². The Morgan fingerprint density at radius 3 is 2.57 bits per heavy atom. The fourth-order valence-electron chi connectivity index (χ4n) is 2.75. The Labute approximate surface area is 182 Å². The predicted molar refractivity (Wildman–Crippen MR) is 118 cm³/mol. The minimum absolute atomic E-state index is 0. The summed E-state index contributed by atoms with van der Waals surface area (Å²) in [6, 6.07) is 6.15. The lowest BCUT2D eigenvalue weighted by molar-refractivity contribution is -0.146. The Balaban J connectivity index is 0.00000450. The zero-order valence-corrected chi connectivity index (χ0v) is 18.3. The van der Waals surface area contributed by atoms with Gasteiger partial charge in [-0.15, -0.1) is 12.4 Å². The fourth-order valence-corrected chi connectivity index (χ4v) is 2.75. The lowest BCUT2D eigenvalue weighted by Gasteiger charge is -2.18. The Hall–Kier alpha value is -2.81. The molecular weight excluding hydrogens is 410 g/mol. The molecule has 0 saturated carbocycles. The van der Waals surface area contributed by atoms with Gasteiger partial charge in [0.25, 0.3) is 0 Å². The number of anilines is 1. The van der Waals surface area contributed by atoms with Crippen molar-refractivity contribution in [3.8, 4) is 0 Å². The van der Waals surface area contributed by atoms with Gasteiger partial charge in [-0.2, -0.15) is 5.10 Å². The number of rotatable bonds is 7. The Kier molecular flexibility index (Phi) is 9.58. The maximum absolute atomic E-state index is 12.6. The van der Waals surface area contributed by atoms with E-state index >= 15 is 0 Å². The van der Waals surface area contributed by atoms with Crippen LogP contribution in [0.3, 0.4) is 0 Å². The SMILES string of the molecule is CC(C)(C)COC(=O)CCNC(=O)N[C@H]1CCN(c2ccc(C=NN)cc2)C1=O.Cl. The van der Waals surface area contributed by atoms with Crippen LogP contribution in [0.25, 0.3) is 0 Å². The number of hydrogen-bond acceptors (Lipinski definition) is 6. The zero-order valence-electron chi connectivity index (χ0n) is 17.5. The predicted octanol–water partition coefficient (Wildman–Crippen LogP) is 1.78. The number of esters is 1. The largest absolute Gasteiger partial charge is 0.465 e. The van der Waals surface area contributed by atoms with Gasteiger partial charge in [0.1, 0.15) is 6.04 Å². The summed E-state index contributed by atoms with van der Waals surface area (Å²) in [6.45, 7) is 6.88. The van der Waals surface area contributed by atoms with E-state index in [1.54, 1.807) is 17.0 Å². The molecule has 1 atom stereocenters. The van der Waals surface area contributed by atoms with Crippen molar-refractivity contribution in [1.29, 1.82) is 0 Å². The highest BCUT2D eigenvalue weighted by molar-refractivity contribution is 6.01. The third-order valence-electron chi connectivity index (χ3n) is 4.22. The Morgan fingerprint density at radius 1 is 1.30 bits per heavy atom. The maximum atomic E-state index is 12.6. The molecule has 9 nitrogen and oxygen atoms in total. The quantitative estimate of drug-likeness (QED) is 0.258. The molecule has 0 aliphatic carbocycles. The fraction of sp³-hybridized carbons (Fsp3) is 0.500. The van der Waals surface area contributed by atoms with Crippen LogP contribution in [-0.2, 0) is 14.3 Å². The highest BCUT2D eigenvalue weighted by atomic mass is 35.5. The summed E-state index contributed by atoms with van der Waals surface area (Å²) >= 11 is 0. The van der Waals surface area contributed by atoms with E-state index in [0.29, 0.717) is 19.6 Å². The van der Waals surface area contributed by atoms with Crippen LogP contribution in [0.5, 0.6) is 0 Å². The highest BCUT2D eigenvalue weighted by Crippen LogP contribution is 2.21. The minimum atomic E-state index is -0.604. The highest BCUT2D eigenvalue weighted by Gasteiger charge is 2.33. The van der Waals surface area contributed by atoms with Crippen molar-refractivity contribution in [3.05, 3.63) is 29.8 Å². The summed E-state index contributed by atoms with van der Waals surface area (Å²) < 4.78 is 5.14. The minimum Gasteiger partial charge on any atom is -0.465 e. The number of nitrogens with zero attached hydrogens (tertiary/aromatic N) is 2. The number of carbonyl (C=O) groups excluding carboxylic acids is 3. The standard InChI is InChI=1S/C20H29N5O4.ClH/c1-20(2,3)13-29-17(26)8-10-22-19(28)24-16-9-11-25(18(16)27)15-6-4-14(5-7-15)12-23-21;/h4-7,12,16H,8-11,13,21H2,1-3H3,(H2,22,24,28);1H/t16-;/m0./s1. The van der Waals surface area contributed by atoms with Crippen molar-refractivity contribution in [2.75, 3.05) is 24.6 Å². The van der Waals surface area contributed by atoms with Crippen molar-refractivity contribution in [1.82, 2.24) is 10.6 Å². The van der Waals surface area contributed by atoms with E-state index < -0.39 is 12.1 Å². The molecule has 166 valence electrons. The monoisotopic (exact) mass is 439 g/mol. The number of ether oxygens (including phenoxy) is 1. The molecule has 0 radical (unpaired) electrons. The molecule has 1 aliphatic rings. The number of carbonyl (C=O) groups is 3. The zero-order chi connectivity index (χ0) is 21.4. The first-order valence-electron chi connectivity index (χ1n) is 9.54. The summed E-state index contributed by atoms with van der Waals surface area (Å²) in [4.78, 5) is 37.9. The van der Waals surface area contributed by atoms with Gasteiger partial charge in [-0.05, 0) is 29.5 Å². The summed E-state index contributed by atoms with van der Waals surface area (Å²) in [7, 11) is 0. The molecule has 1 fully saturated rings. The normalized spacial score (nSPS) is 16.3. The van der Waals surface area contributed by atoms with Crippen molar-refractivity contribution >= 4 is 42.2 Å². The van der Waals surface area contributed by atoms with Crippen LogP contribution < -0.4 is 21.4 Å². The second-order valence-corrected chi connectivity index (χ2v) is 8.07. The van der Waals surface area contributed by atoms with Gasteiger partial charge in [-0.3, -0.25) is 9.59 Å². The third-order valence-corrected chi connectivity index (χ3v) is 4.22. The van der Waals surface area contributed by atoms with Crippen LogP contribution in [-0.4, -0.2) is 49.9 Å². The van der Waals surface area contributed by atoms with E-state index in [0.717, 1.165) is 11.3 Å². The maximum Gasteiger partial charge on any atom is 0.315 e. The first-order valence-corrected chi connectivity index (χ1v) is 9.54. The number of nitrogens with two attached hydrogens (primary N) is 1. The van der Waals surface area contributed by atoms with E-state index in [-0.39, 0.29) is 42.7 Å². The van der Waals surface area contributed by atoms with Gasteiger partial charge < -0.3 is 26.1 Å². The van der Waals surface area contributed by atoms with Crippen molar-refractivity contribution in [3.63, 3.8) is 0 Å². The van der Waals surface area contributed by atoms with Gasteiger partial charge in [0.2, 0.25) is 5.91 Å². The number of benzene rings is 1. The van der Waals surface area contributed by atoms with E-state index in [2.05, 4.69) is 15.7 Å². The molecule has 1 aliphatic heterocycles. The molecule has 1 aromatic carbocycles. The molecule has 10 heteroatoms. The molecule has 0 bridgehead atoms. The van der Waals surface area contributed by atoms with Gasteiger partial charge in [0.05, 0.1) is 19.2 Å². The number of nitrogens with one attached hydrogen (secondary N) is 2. The summed E-state index contributed by atoms with van der Waals surface area (Å²) in [5.74, 6) is 4.58. The molecule has 0 aromatic heterocycles. The van der Waals surface area contributed by atoms with E-state index in [1.807, 2.05) is 32.9 Å². The smallest absolute Gasteiger partial charge is 0.315 e. The van der Waals surface area contributed by atoms with Crippen LogP contribution in [0.1, 0.15) is 39.2 Å². The number of halogens is 1. The topological polar surface area (TPSA) is 126 Å². The molecule has 1 heterocycles. The molecule has 30 heavy (non-hydrogen) atoms. The second-order valence-electron chi connectivity index (χ2n) is 8.07. The van der Waals surface area contributed by atoms with Gasteiger partial charge in [-0.1, -0.05) is 32.9 Å². The van der Waals surface area contributed by atoms with Crippen LogP contribution in [0.4, 0.5) is 10.5 Å². The van der Waals surface area contributed by atoms with Crippen LogP contribution in [0, 0.1) is 5.41 Å². The molecule has 1 saturated heterocycles. The Bertz CT molecular complexity index is 761. The molecule has 4 N–H and O–H groups in total. The summed E-state index contributed by atoms with van der Waals surface area (Å²) in [6.07, 6.45) is 2.10. The third kappa shape index (κ3) is 7.90. The van der Waals surface area contributed by atoms with Crippen molar-refractivity contribution in [2.24, 2.45) is 16.4 Å². The molecule has 2 rings (SSSR count). The average Bonchev–Trinajstić information content (AvgIpc) is 3.01. The molecule has 0 spiro atoms. The average molecular weight is 440 g/mol. The van der Waals surface area contributed by atoms with Crippen LogP contribution >= 0.6 is 12.4 Å². The van der Waals surface area contributed by atoms with Crippen LogP contribution in [0.15, 0.2) is 29.4 Å². The molecule has 1 aromatic rings.